The van der Waals surface area contributed by atoms with Crippen LogP contribution in [0, 0.1) is 0 Å². The normalized spacial score (nSPS) is 20.8. The van der Waals surface area contributed by atoms with Gasteiger partial charge in [0.2, 0.25) is 10.0 Å². The number of alkyl carbamates (subject to hydrolysis) is 1. The molecule has 1 amide bonds. The third kappa shape index (κ3) is 5.95. The van der Waals surface area contributed by atoms with Crippen molar-refractivity contribution in [2.75, 3.05) is 5.32 Å². The highest BCUT2D eigenvalue weighted by molar-refractivity contribution is 7.89. The molecule has 32 heavy (non-hydrogen) atoms. The van der Waals surface area contributed by atoms with Crippen LogP contribution in [0.25, 0.3) is 0 Å². The Hall–Kier alpha value is -2.72. The average Bonchev–Trinajstić information content (AvgIpc) is 3.42. The fourth-order valence-electron chi connectivity index (χ4n) is 3.76. The minimum atomic E-state index is -3.46. The second kappa shape index (κ2) is 9.41. The third-order valence-corrected chi connectivity index (χ3v) is 7.06. The predicted molar refractivity (Wildman–Crippen MR) is 120 cm³/mol. The number of aromatic nitrogens is 2. The predicted octanol–water partition coefficient (Wildman–Crippen LogP) is 3.43. The number of nitrogens with one attached hydrogen (secondary N) is 3. The molecule has 0 unspecified atom stereocenters. The van der Waals surface area contributed by atoms with Gasteiger partial charge in [-0.2, -0.15) is 0 Å². The van der Waals surface area contributed by atoms with E-state index in [9.17, 15) is 13.2 Å². The van der Waals surface area contributed by atoms with Crippen LogP contribution in [0.4, 0.5) is 16.3 Å². The summed E-state index contributed by atoms with van der Waals surface area (Å²) in [6, 6.07) is 6.72. The molecule has 1 aromatic heterocycles. The van der Waals surface area contributed by atoms with Gasteiger partial charge in [0.25, 0.3) is 0 Å². The van der Waals surface area contributed by atoms with E-state index in [1.54, 1.807) is 36.7 Å². The lowest BCUT2D eigenvalue weighted by atomic mass is 10.0. The van der Waals surface area contributed by atoms with Crippen LogP contribution in [0.1, 0.15) is 57.6 Å². The van der Waals surface area contributed by atoms with Gasteiger partial charge in [0.05, 0.1) is 29.1 Å². The first-order valence-electron chi connectivity index (χ1n) is 11.0. The Morgan fingerprint density at radius 3 is 2.38 bits per heavy atom. The van der Waals surface area contributed by atoms with Gasteiger partial charge in [-0.05, 0) is 70.2 Å². The van der Waals surface area contributed by atoms with E-state index in [1.807, 2.05) is 13.8 Å². The van der Waals surface area contributed by atoms with E-state index in [2.05, 4.69) is 25.3 Å². The number of carbonyl (C=O) groups is 1. The van der Waals surface area contributed by atoms with Gasteiger partial charge in [0.1, 0.15) is 5.82 Å². The van der Waals surface area contributed by atoms with Gasteiger partial charge in [-0.3, -0.25) is 4.98 Å². The second-order valence-electron chi connectivity index (χ2n) is 8.68. The molecule has 2 aromatic rings. The van der Waals surface area contributed by atoms with E-state index in [-0.39, 0.29) is 35.1 Å². The van der Waals surface area contributed by atoms with Crippen LogP contribution in [-0.4, -0.2) is 42.7 Å². The zero-order valence-electron chi connectivity index (χ0n) is 18.2. The van der Waals surface area contributed by atoms with E-state index >= 15 is 0 Å². The maximum absolute atomic E-state index is 12.3. The number of ether oxygens (including phenoxy) is 1. The first kappa shape index (κ1) is 22.5. The maximum Gasteiger partial charge on any atom is 0.407 e. The molecule has 2 aliphatic carbocycles. The maximum atomic E-state index is 12.3. The lowest BCUT2D eigenvalue weighted by Crippen LogP contribution is -2.34. The molecule has 1 aromatic carbocycles. The lowest BCUT2D eigenvalue weighted by Gasteiger charge is -2.15. The highest BCUT2D eigenvalue weighted by Gasteiger charge is 2.29. The van der Waals surface area contributed by atoms with Crippen LogP contribution in [0.15, 0.2) is 41.6 Å². The standard InChI is InChI=1S/C22H29N5O4S/c1-14(2)31-22(28)26-18-4-3-15(11-18)20-12-24-21(13-23-20)25-16-7-9-19(10-8-16)32(29,30)27-17-5-6-17/h7-10,12-15,17-18,27H,3-6,11H2,1-2H3,(H,24,25)(H,26,28)/t15-,18+/m0/s1. The SMILES string of the molecule is CC(C)OC(=O)N[C@@H]1CC[C@H](c2cnc(Nc3ccc(S(=O)(=O)NC4CC4)cc3)cn2)C1. The van der Waals surface area contributed by atoms with Gasteiger partial charge < -0.3 is 15.4 Å². The summed E-state index contributed by atoms with van der Waals surface area (Å²) in [5, 5.41) is 6.06. The molecular formula is C22H29N5O4S. The van der Waals surface area contributed by atoms with Gasteiger partial charge in [0.15, 0.2) is 0 Å². The van der Waals surface area contributed by atoms with Crippen molar-refractivity contribution in [3.05, 3.63) is 42.4 Å². The van der Waals surface area contributed by atoms with Crippen LogP contribution >= 0.6 is 0 Å². The summed E-state index contributed by atoms with van der Waals surface area (Å²) in [5.41, 5.74) is 1.62. The molecule has 0 saturated heterocycles. The summed E-state index contributed by atoms with van der Waals surface area (Å²) in [6.45, 7) is 3.65. The molecule has 3 N–H and O–H groups in total. The molecule has 0 bridgehead atoms. The van der Waals surface area contributed by atoms with Crippen molar-refractivity contribution in [2.24, 2.45) is 0 Å². The van der Waals surface area contributed by atoms with Crippen molar-refractivity contribution in [3.8, 4) is 0 Å². The van der Waals surface area contributed by atoms with Gasteiger partial charge in [0, 0.05) is 23.7 Å². The lowest BCUT2D eigenvalue weighted by molar-refractivity contribution is 0.112. The molecule has 172 valence electrons. The van der Waals surface area contributed by atoms with Crippen molar-refractivity contribution in [1.82, 2.24) is 20.0 Å². The van der Waals surface area contributed by atoms with Crippen LogP contribution in [0.5, 0.6) is 0 Å². The van der Waals surface area contributed by atoms with Crippen molar-refractivity contribution >= 4 is 27.6 Å². The quantitative estimate of drug-likeness (QED) is 0.553. The summed E-state index contributed by atoms with van der Waals surface area (Å²) in [6.07, 6.45) is 7.31. The Morgan fingerprint density at radius 2 is 1.75 bits per heavy atom. The number of sulfonamides is 1. The number of nitrogens with zero attached hydrogens (tertiary/aromatic N) is 2. The Morgan fingerprint density at radius 1 is 1.03 bits per heavy atom. The highest BCUT2D eigenvalue weighted by atomic mass is 32.2. The van der Waals surface area contributed by atoms with Crippen molar-refractivity contribution in [1.29, 1.82) is 0 Å². The molecule has 0 spiro atoms. The Balaban J connectivity index is 1.31. The first-order chi connectivity index (χ1) is 15.3. The van der Waals surface area contributed by atoms with E-state index in [4.69, 9.17) is 4.74 Å². The fourth-order valence-corrected chi connectivity index (χ4v) is 5.07. The number of hydrogen-bond acceptors (Lipinski definition) is 7. The molecule has 10 heteroatoms. The van der Waals surface area contributed by atoms with Crippen LogP contribution in [0.3, 0.4) is 0 Å². The minimum absolute atomic E-state index is 0.0754. The number of amides is 1. The molecule has 2 saturated carbocycles. The largest absolute Gasteiger partial charge is 0.447 e. The molecule has 1 heterocycles. The van der Waals surface area contributed by atoms with Crippen LogP contribution < -0.4 is 15.4 Å². The fraction of sp³-hybridized carbons (Fsp3) is 0.500. The van der Waals surface area contributed by atoms with Crippen LogP contribution in [0.2, 0.25) is 0 Å². The molecule has 0 aliphatic heterocycles. The van der Waals surface area contributed by atoms with Crippen LogP contribution in [-0.2, 0) is 14.8 Å². The summed E-state index contributed by atoms with van der Waals surface area (Å²) < 4.78 is 32.3. The molecule has 2 fully saturated rings. The van der Waals surface area contributed by atoms with Gasteiger partial charge >= 0.3 is 6.09 Å². The zero-order chi connectivity index (χ0) is 22.7. The van der Waals surface area contributed by atoms with Gasteiger partial charge in [-0.1, -0.05) is 0 Å². The molecule has 0 radical (unpaired) electrons. The molecule has 2 atom stereocenters. The summed E-state index contributed by atoms with van der Waals surface area (Å²) in [4.78, 5) is 21.0. The summed E-state index contributed by atoms with van der Waals surface area (Å²) in [5.74, 6) is 0.818. The number of carbonyl (C=O) groups excluding carboxylic acids is 1. The van der Waals surface area contributed by atoms with E-state index in [1.165, 1.54) is 0 Å². The number of benzene rings is 1. The van der Waals surface area contributed by atoms with E-state index < -0.39 is 10.0 Å². The minimum Gasteiger partial charge on any atom is -0.447 e. The monoisotopic (exact) mass is 459 g/mol. The molecule has 9 nitrogen and oxygen atoms in total. The Bertz CT molecular complexity index is 1040. The third-order valence-electron chi connectivity index (χ3n) is 5.52. The number of anilines is 2. The van der Waals surface area contributed by atoms with Gasteiger partial charge in [-0.25, -0.2) is 22.9 Å². The van der Waals surface area contributed by atoms with Crippen molar-refractivity contribution in [3.63, 3.8) is 0 Å². The Kier molecular flexibility index (Phi) is 6.61. The second-order valence-corrected chi connectivity index (χ2v) is 10.4. The molecule has 4 rings (SSSR count). The highest BCUT2D eigenvalue weighted by Crippen LogP contribution is 2.33. The summed E-state index contributed by atoms with van der Waals surface area (Å²) in [7, 11) is -3.46. The topological polar surface area (TPSA) is 122 Å². The average molecular weight is 460 g/mol. The number of hydrogen-bond donors (Lipinski definition) is 3. The van der Waals surface area contributed by atoms with E-state index in [0.717, 1.165) is 43.5 Å². The van der Waals surface area contributed by atoms with Crippen molar-refractivity contribution in [2.45, 2.75) is 75.0 Å². The first-order valence-corrected chi connectivity index (χ1v) is 12.5. The van der Waals surface area contributed by atoms with Crippen molar-refractivity contribution < 1.29 is 17.9 Å². The van der Waals surface area contributed by atoms with Gasteiger partial charge in [-0.15, -0.1) is 0 Å². The molecule has 2 aliphatic rings. The zero-order valence-corrected chi connectivity index (χ0v) is 19.1. The van der Waals surface area contributed by atoms with E-state index in [0.29, 0.717) is 5.82 Å². The Labute approximate surface area is 188 Å². The summed E-state index contributed by atoms with van der Waals surface area (Å²) >= 11 is 0. The molecular weight excluding hydrogens is 430 g/mol. The smallest absolute Gasteiger partial charge is 0.407 e. The number of rotatable bonds is 8.